The van der Waals surface area contributed by atoms with Crippen LogP contribution in [0.5, 0.6) is 0 Å². The molecule has 0 radical (unpaired) electrons. The molecule has 0 aromatic heterocycles. The van der Waals surface area contributed by atoms with Gasteiger partial charge in [-0.3, -0.25) is 0 Å². The van der Waals surface area contributed by atoms with E-state index in [9.17, 15) is 0 Å². The van der Waals surface area contributed by atoms with Gasteiger partial charge in [0.1, 0.15) is 8.81 Å². The summed E-state index contributed by atoms with van der Waals surface area (Å²) < 4.78 is 0. The lowest BCUT2D eigenvalue weighted by molar-refractivity contribution is 0.219. The summed E-state index contributed by atoms with van der Waals surface area (Å²) in [6.45, 7) is 0. The number of carbonyl (C=O) groups is 1. The lowest BCUT2D eigenvalue weighted by atomic mass is 11.6. The Bertz CT molecular complexity index is 42.2. The Labute approximate surface area is 30.5 Å². The molecular formula is CH3O3P. The third kappa shape index (κ3) is 3.86. The van der Waals surface area contributed by atoms with Gasteiger partial charge in [0.2, 0.25) is 0 Å². The van der Waals surface area contributed by atoms with E-state index in [4.69, 9.17) is 14.8 Å². The zero-order chi connectivity index (χ0) is 4.28. The van der Waals surface area contributed by atoms with Crippen molar-refractivity contribution >= 4 is 14.5 Å². The third-order valence-corrected chi connectivity index (χ3v) is 0.287. The molecule has 0 heterocycles. The van der Waals surface area contributed by atoms with Crippen LogP contribution in [0.3, 0.4) is 0 Å². The molecule has 4 heteroatoms. The molecule has 0 bridgehead atoms. The molecule has 2 N–H and O–H groups in total. The van der Waals surface area contributed by atoms with E-state index < -0.39 is 14.5 Å². The molecule has 0 amide bonds. The maximum Gasteiger partial charge on any atom is 0.348 e. The van der Waals surface area contributed by atoms with Crippen molar-refractivity contribution in [1.29, 1.82) is 0 Å². The normalized spacial score (nSPS) is 9.80. The summed E-state index contributed by atoms with van der Waals surface area (Å²) in [7, 11) is -0.969. The monoisotopic (exact) mass is 94.0 g/mol. The molecule has 0 saturated heterocycles. The molecular weight excluding hydrogens is 91.0 g/mol. The maximum absolute atomic E-state index is 9.13. The van der Waals surface area contributed by atoms with Crippen molar-refractivity contribution in [2.45, 2.75) is 0 Å². The van der Waals surface area contributed by atoms with Gasteiger partial charge in [-0.1, -0.05) is 0 Å². The van der Waals surface area contributed by atoms with Gasteiger partial charge in [-0.05, 0) is 0 Å². The SMILES string of the molecule is O=C(O)PO. The van der Waals surface area contributed by atoms with Gasteiger partial charge in [-0.2, -0.15) is 0 Å². The second kappa shape index (κ2) is 2.12. The average molecular weight is 94.0 g/mol. The highest BCUT2D eigenvalue weighted by atomic mass is 31.1. The standard InChI is InChI=1S/CH3O3P/c2-1(3)5-4/h4-5H,(H,2,3). The van der Waals surface area contributed by atoms with E-state index >= 15 is 0 Å². The van der Waals surface area contributed by atoms with Gasteiger partial charge in [0.05, 0.1) is 0 Å². The van der Waals surface area contributed by atoms with Crippen LogP contribution in [-0.2, 0) is 0 Å². The molecule has 5 heavy (non-hydrogen) atoms. The molecule has 1 unspecified atom stereocenters. The van der Waals surface area contributed by atoms with Gasteiger partial charge in [-0.25, -0.2) is 4.79 Å². The van der Waals surface area contributed by atoms with E-state index in [1.165, 1.54) is 0 Å². The summed E-state index contributed by atoms with van der Waals surface area (Å²) in [5.41, 5.74) is -1.16. The Morgan fingerprint density at radius 3 is 2.00 bits per heavy atom. The van der Waals surface area contributed by atoms with E-state index in [2.05, 4.69) is 0 Å². The van der Waals surface area contributed by atoms with Crippen LogP contribution in [0.15, 0.2) is 0 Å². The van der Waals surface area contributed by atoms with Gasteiger partial charge in [0.25, 0.3) is 0 Å². The first-order valence-electron chi connectivity index (χ1n) is 0.901. The van der Waals surface area contributed by atoms with Gasteiger partial charge in [-0.15, -0.1) is 0 Å². The molecule has 1 atom stereocenters. The Balaban J connectivity index is 2.85. The molecule has 0 fully saturated rings. The summed E-state index contributed by atoms with van der Waals surface area (Å²) in [6, 6.07) is 0. The molecule has 3 nitrogen and oxygen atoms in total. The largest absolute Gasteiger partial charge is 0.477 e. The zero-order valence-corrected chi connectivity index (χ0v) is 3.30. The fourth-order valence-electron chi connectivity index (χ4n) is 0. The summed E-state index contributed by atoms with van der Waals surface area (Å²) in [5, 5.41) is 7.48. The minimum atomic E-state index is -1.16. The second-order valence-corrected chi connectivity index (χ2v) is 1.07. The topological polar surface area (TPSA) is 57.5 Å². The Morgan fingerprint density at radius 1 is 1.80 bits per heavy atom. The second-order valence-electron chi connectivity index (χ2n) is 0.417. The van der Waals surface area contributed by atoms with E-state index in [0.717, 1.165) is 0 Å². The highest BCUT2D eigenvalue weighted by Gasteiger charge is 1.83. The van der Waals surface area contributed by atoms with E-state index in [1.807, 2.05) is 0 Å². The summed E-state index contributed by atoms with van der Waals surface area (Å²) in [6.07, 6.45) is 0. The summed E-state index contributed by atoms with van der Waals surface area (Å²) in [4.78, 5) is 16.7. The predicted octanol–water partition coefficient (Wildman–Crippen LogP) is 0.250. The minimum Gasteiger partial charge on any atom is -0.477 e. The first-order valence-corrected chi connectivity index (χ1v) is 1.85. The van der Waals surface area contributed by atoms with Crippen molar-refractivity contribution < 1.29 is 14.8 Å². The van der Waals surface area contributed by atoms with E-state index in [-0.39, 0.29) is 0 Å². The van der Waals surface area contributed by atoms with Crippen LogP contribution in [-0.4, -0.2) is 15.7 Å². The van der Waals surface area contributed by atoms with Crippen molar-refractivity contribution in [3.63, 3.8) is 0 Å². The van der Waals surface area contributed by atoms with Crippen LogP contribution in [0.2, 0.25) is 0 Å². The first kappa shape index (κ1) is 4.86. The smallest absolute Gasteiger partial charge is 0.348 e. The quantitative estimate of drug-likeness (QED) is 0.458. The molecule has 0 spiro atoms. The maximum atomic E-state index is 9.13. The fraction of sp³-hybridized carbons (Fsp3) is 0. The third-order valence-electron chi connectivity index (χ3n) is 0.0956. The van der Waals surface area contributed by atoms with Gasteiger partial charge in [0.15, 0.2) is 0 Å². The van der Waals surface area contributed by atoms with Crippen LogP contribution >= 0.6 is 8.81 Å². The van der Waals surface area contributed by atoms with Crippen LogP contribution in [0.1, 0.15) is 0 Å². The lowest BCUT2D eigenvalue weighted by Gasteiger charge is -1.71. The number of carboxylic acid groups (broad SMARTS) is 1. The summed E-state index contributed by atoms with van der Waals surface area (Å²) in [5.74, 6) is 0. The molecule has 0 aliphatic carbocycles. The number of hydrogen-bond acceptors (Lipinski definition) is 2. The van der Waals surface area contributed by atoms with Gasteiger partial charge in [0, 0.05) is 0 Å². The van der Waals surface area contributed by atoms with Crippen LogP contribution in [0.4, 0.5) is 4.79 Å². The molecule has 0 aromatic rings. The van der Waals surface area contributed by atoms with Crippen molar-refractivity contribution in [2.75, 3.05) is 0 Å². The van der Waals surface area contributed by atoms with Gasteiger partial charge >= 0.3 is 5.71 Å². The van der Waals surface area contributed by atoms with Crippen molar-refractivity contribution in [3.8, 4) is 0 Å². The Kier molecular flexibility index (Phi) is 2.06. The zero-order valence-electron chi connectivity index (χ0n) is 2.30. The number of hydrogen-bond donors (Lipinski definition) is 2. The van der Waals surface area contributed by atoms with E-state index in [0.29, 0.717) is 0 Å². The highest BCUT2D eigenvalue weighted by molar-refractivity contribution is 7.51. The predicted molar refractivity (Wildman–Crippen MR) is 18.6 cm³/mol. The van der Waals surface area contributed by atoms with Crippen molar-refractivity contribution in [3.05, 3.63) is 0 Å². The van der Waals surface area contributed by atoms with Crippen LogP contribution in [0.25, 0.3) is 0 Å². The first-order chi connectivity index (χ1) is 2.27. The number of rotatable bonds is 1. The molecule has 0 aromatic carbocycles. The summed E-state index contributed by atoms with van der Waals surface area (Å²) >= 11 is 0. The molecule has 30 valence electrons. The lowest BCUT2D eigenvalue weighted by Crippen LogP contribution is -1.73. The Morgan fingerprint density at radius 2 is 2.00 bits per heavy atom. The van der Waals surface area contributed by atoms with E-state index in [1.54, 1.807) is 0 Å². The van der Waals surface area contributed by atoms with Crippen LogP contribution in [0, 0.1) is 0 Å². The minimum absolute atomic E-state index is 0.969. The molecule has 0 rings (SSSR count). The Hall–Kier alpha value is -0.140. The molecule has 0 aliphatic rings. The fourth-order valence-corrected chi connectivity index (χ4v) is 0. The highest BCUT2D eigenvalue weighted by Crippen LogP contribution is 1.98. The average Bonchev–Trinajstić information content (AvgIpc) is 1.38. The molecule has 0 aliphatic heterocycles. The van der Waals surface area contributed by atoms with Crippen molar-refractivity contribution in [1.82, 2.24) is 0 Å². The van der Waals surface area contributed by atoms with Crippen LogP contribution < -0.4 is 0 Å². The molecule has 0 saturated carbocycles. The van der Waals surface area contributed by atoms with Gasteiger partial charge < -0.3 is 10.00 Å². The van der Waals surface area contributed by atoms with Crippen molar-refractivity contribution in [2.24, 2.45) is 0 Å².